The lowest BCUT2D eigenvalue weighted by Crippen LogP contribution is -1.93. The van der Waals surface area contributed by atoms with Gasteiger partial charge < -0.3 is 4.74 Å². The zero-order valence-corrected chi connectivity index (χ0v) is 7.62. The average molecular weight is 196 g/mol. The fourth-order valence-corrected chi connectivity index (χ4v) is 1.11. The van der Waals surface area contributed by atoms with Gasteiger partial charge in [-0.3, -0.25) is 0 Å². The first kappa shape index (κ1) is 8.19. The number of nitrogens with zero attached hydrogens (tertiary/aromatic N) is 3. The van der Waals surface area contributed by atoms with Crippen molar-refractivity contribution in [3.8, 4) is 6.01 Å². The van der Waals surface area contributed by atoms with E-state index in [4.69, 9.17) is 16.3 Å². The van der Waals surface area contributed by atoms with Crippen LogP contribution < -0.4 is 4.74 Å². The van der Waals surface area contributed by atoms with Crippen LogP contribution in [0.5, 0.6) is 6.01 Å². The van der Waals surface area contributed by atoms with Gasteiger partial charge in [0.15, 0.2) is 5.65 Å². The first-order chi connectivity index (χ1) is 6.29. The predicted octanol–water partition coefficient (Wildman–Crippen LogP) is 1.69. The number of fused-ring (bicyclic) bond motifs is 1. The zero-order valence-electron chi connectivity index (χ0n) is 6.86. The molecule has 4 nitrogen and oxygen atoms in total. The van der Waals surface area contributed by atoms with Crippen LogP contribution in [0.1, 0.15) is 0 Å². The largest absolute Gasteiger partial charge is 0.467 e. The molecule has 0 unspecified atom stereocenters. The molecule has 0 spiro atoms. The van der Waals surface area contributed by atoms with Crippen LogP contribution in [0.4, 0.5) is 0 Å². The molecular weight excluding hydrogens is 190 g/mol. The third-order valence-electron chi connectivity index (χ3n) is 1.57. The van der Waals surface area contributed by atoms with Crippen molar-refractivity contribution in [3.63, 3.8) is 0 Å². The highest BCUT2D eigenvalue weighted by Gasteiger charge is 2.00. The maximum atomic E-state index is 5.70. The lowest BCUT2D eigenvalue weighted by Gasteiger charge is -1.98. The van der Waals surface area contributed by atoms with Gasteiger partial charge in [0, 0.05) is 11.6 Å². The van der Waals surface area contributed by atoms with Crippen LogP contribution in [0.15, 0.2) is 18.3 Å². The van der Waals surface area contributed by atoms with Crippen molar-refractivity contribution in [3.05, 3.63) is 23.5 Å². The first-order valence-corrected chi connectivity index (χ1v) is 4.00. The van der Waals surface area contributed by atoms with Gasteiger partial charge in [-0.25, -0.2) is 9.97 Å². The number of ether oxygens (including phenoxy) is 1. The summed E-state index contributed by atoms with van der Waals surface area (Å²) in [7, 11) is 1.51. The molecule has 0 fully saturated rings. The van der Waals surface area contributed by atoms with Crippen molar-refractivity contribution in [1.29, 1.82) is 0 Å². The number of halogens is 1. The maximum absolute atomic E-state index is 5.70. The third kappa shape index (κ3) is 1.53. The monoisotopic (exact) mass is 195 g/mol. The molecule has 13 heavy (non-hydrogen) atoms. The summed E-state index contributed by atoms with van der Waals surface area (Å²) < 4.78 is 4.86. The van der Waals surface area contributed by atoms with Gasteiger partial charge in [0.25, 0.3) is 0 Å². The van der Waals surface area contributed by atoms with E-state index in [9.17, 15) is 0 Å². The Morgan fingerprint density at radius 3 is 2.92 bits per heavy atom. The molecule has 0 aromatic carbocycles. The molecule has 5 heteroatoms. The lowest BCUT2D eigenvalue weighted by atomic mass is 10.3. The molecule has 2 rings (SSSR count). The summed E-state index contributed by atoms with van der Waals surface area (Å²) in [5, 5.41) is 1.25. The van der Waals surface area contributed by atoms with Crippen LogP contribution in [0.3, 0.4) is 0 Å². The molecule has 0 amide bonds. The second-order valence-corrected chi connectivity index (χ2v) is 2.79. The topological polar surface area (TPSA) is 47.9 Å². The molecule has 0 N–H and O–H groups in total. The van der Waals surface area contributed by atoms with E-state index >= 15 is 0 Å². The van der Waals surface area contributed by atoms with Crippen LogP contribution in [0.25, 0.3) is 11.0 Å². The van der Waals surface area contributed by atoms with Crippen molar-refractivity contribution in [2.24, 2.45) is 0 Å². The van der Waals surface area contributed by atoms with E-state index in [0.717, 1.165) is 5.39 Å². The average Bonchev–Trinajstić information content (AvgIpc) is 2.16. The number of rotatable bonds is 1. The van der Waals surface area contributed by atoms with Crippen LogP contribution in [-0.2, 0) is 0 Å². The minimum absolute atomic E-state index is 0.294. The molecule has 0 bridgehead atoms. The Morgan fingerprint density at radius 1 is 1.31 bits per heavy atom. The summed E-state index contributed by atoms with van der Waals surface area (Å²) in [5.41, 5.74) is 0.541. The second kappa shape index (κ2) is 3.14. The van der Waals surface area contributed by atoms with E-state index in [2.05, 4.69) is 15.0 Å². The van der Waals surface area contributed by atoms with Crippen molar-refractivity contribution in [1.82, 2.24) is 15.0 Å². The fraction of sp³-hybridized carbons (Fsp3) is 0.125. The molecular formula is C8H6ClN3O. The molecule has 0 aliphatic rings. The van der Waals surface area contributed by atoms with Crippen LogP contribution in [-0.4, -0.2) is 22.1 Å². The summed E-state index contributed by atoms with van der Waals surface area (Å²) >= 11 is 5.70. The molecule has 0 radical (unpaired) electrons. The number of methoxy groups -OCH3 is 1. The number of hydrogen-bond donors (Lipinski definition) is 0. The highest BCUT2D eigenvalue weighted by Crippen LogP contribution is 2.14. The Kier molecular flexibility index (Phi) is 1.98. The summed E-state index contributed by atoms with van der Waals surface area (Å²) in [5.74, 6) is 0. The lowest BCUT2D eigenvalue weighted by molar-refractivity contribution is 0.381. The smallest absolute Gasteiger partial charge is 0.318 e. The van der Waals surface area contributed by atoms with E-state index in [1.807, 2.05) is 6.07 Å². The van der Waals surface area contributed by atoms with Gasteiger partial charge in [-0.1, -0.05) is 11.6 Å². The van der Waals surface area contributed by atoms with E-state index < -0.39 is 0 Å². The van der Waals surface area contributed by atoms with Crippen LogP contribution in [0, 0.1) is 0 Å². The van der Waals surface area contributed by atoms with E-state index in [1.165, 1.54) is 7.11 Å². The molecule has 66 valence electrons. The van der Waals surface area contributed by atoms with Crippen LogP contribution >= 0.6 is 11.6 Å². The Labute approximate surface area is 79.6 Å². The number of pyridine rings is 1. The zero-order chi connectivity index (χ0) is 9.26. The van der Waals surface area contributed by atoms with Crippen molar-refractivity contribution in [2.75, 3.05) is 7.11 Å². The van der Waals surface area contributed by atoms with Gasteiger partial charge in [0.1, 0.15) is 5.15 Å². The number of aromatic nitrogens is 3. The van der Waals surface area contributed by atoms with Crippen LogP contribution in [0.2, 0.25) is 5.15 Å². The molecule has 0 saturated carbocycles. The Balaban J connectivity index is 2.68. The minimum atomic E-state index is 0.294. The summed E-state index contributed by atoms with van der Waals surface area (Å²) in [6, 6.07) is 3.80. The Hall–Kier alpha value is -1.42. The number of hydrogen-bond acceptors (Lipinski definition) is 4. The SMILES string of the molecule is COc1ncc2ccc(Cl)nc2n1. The summed E-state index contributed by atoms with van der Waals surface area (Å²) in [6.45, 7) is 0. The molecule has 2 aromatic rings. The molecule has 0 aliphatic heterocycles. The third-order valence-corrected chi connectivity index (χ3v) is 1.78. The van der Waals surface area contributed by atoms with Gasteiger partial charge in [-0.15, -0.1) is 0 Å². The summed E-state index contributed by atoms with van der Waals surface area (Å²) in [4.78, 5) is 12.0. The van der Waals surface area contributed by atoms with Gasteiger partial charge in [0.2, 0.25) is 0 Å². The molecule has 2 heterocycles. The van der Waals surface area contributed by atoms with Crippen molar-refractivity contribution in [2.45, 2.75) is 0 Å². The molecule has 0 aliphatic carbocycles. The van der Waals surface area contributed by atoms with Gasteiger partial charge in [-0.2, -0.15) is 4.98 Å². The quantitative estimate of drug-likeness (QED) is 0.650. The fourth-order valence-electron chi connectivity index (χ4n) is 0.969. The Morgan fingerprint density at radius 2 is 2.15 bits per heavy atom. The van der Waals surface area contributed by atoms with Crippen molar-refractivity contribution >= 4 is 22.6 Å². The normalized spacial score (nSPS) is 10.3. The molecule has 2 aromatic heterocycles. The predicted molar refractivity (Wildman–Crippen MR) is 48.9 cm³/mol. The molecule has 0 saturated heterocycles. The standard InChI is InChI=1S/C8H6ClN3O/c1-13-8-10-4-5-2-3-6(9)11-7(5)12-8/h2-4H,1H3. The van der Waals surface area contributed by atoms with Gasteiger partial charge in [-0.05, 0) is 12.1 Å². The van der Waals surface area contributed by atoms with E-state index in [1.54, 1.807) is 12.3 Å². The van der Waals surface area contributed by atoms with E-state index in [-0.39, 0.29) is 0 Å². The maximum Gasteiger partial charge on any atom is 0.318 e. The minimum Gasteiger partial charge on any atom is -0.467 e. The highest BCUT2D eigenvalue weighted by atomic mass is 35.5. The second-order valence-electron chi connectivity index (χ2n) is 2.40. The van der Waals surface area contributed by atoms with Gasteiger partial charge in [0.05, 0.1) is 7.11 Å². The summed E-state index contributed by atoms with van der Waals surface area (Å²) in [6.07, 6.45) is 1.64. The Bertz CT molecular complexity index is 446. The highest BCUT2D eigenvalue weighted by molar-refractivity contribution is 6.29. The van der Waals surface area contributed by atoms with Crippen molar-refractivity contribution < 1.29 is 4.74 Å². The first-order valence-electron chi connectivity index (χ1n) is 3.63. The van der Waals surface area contributed by atoms with Gasteiger partial charge >= 0.3 is 6.01 Å². The molecule has 0 atom stereocenters. The van der Waals surface area contributed by atoms with E-state index in [0.29, 0.717) is 16.8 Å².